The lowest BCUT2D eigenvalue weighted by Gasteiger charge is -2.16. The van der Waals surface area contributed by atoms with Gasteiger partial charge in [-0.3, -0.25) is 0 Å². The lowest BCUT2D eigenvalue weighted by atomic mass is 10.1. The molecular formula is C10H14N2. The molecule has 2 N–H and O–H groups in total. The molecule has 0 aliphatic carbocycles. The first-order valence-electron chi connectivity index (χ1n) is 3.90. The Labute approximate surface area is 73.3 Å². The van der Waals surface area contributed by atoms with Crippen LogP contribution in [0.15, 0.2) is 36.5 Å². The number of rotatable bonds is 2. The Morgan fingerprint density at radius 1 is 1.25 bits per heavy atom. The number of nitrogens with zero attached hydrogens (tertiary/aromatic N) is 1. The Balaban J connectivity index is 2.97. The van der Waals surface area contributed by atoms with Gasteiger partial charge in [-0.2, -0.15) is 0 Å². The molecule has 1 aromatic rings. The predicted molar refractivity (Wildman–Crippen MR) is 52.3 cm³/mol. The summed E-state index contributed by atoms with van der Waals surface area (Å²) in [4.78, 5) is 2.00. The first kappa shape index (κ1) is 8.65. The van der Waals surface area contributed by atoms with Crippen LogP contribution in [-0.4, -0.2) is 19.0 Å². The first-order valence-corrected chi connectivity index (χ1v) is 3.90. The van der Waals surface area contributed by atoms with Gasteiger partial charge in [0.05, 0.1) is 5.70 Å². The summed E-state index contributed by atoms with van der Waals surface area (Å²) in [5.74, 6) is 0. The fourth-order valence-electron chi connectivity index (χ4n) is 1.11. The van der Waals surface area contributed by atoms with Crippen LogP contribution in [-0.2, 0) is 0 Å². The summed E-state index contributed by atoms with van der Waals surface area (Å²) in [7, 11) is 3.96. The molecule has 0 spiro atoms. The molecule has 2 heteroatoms. The standard InChI is InChI=1S/C10H14N2/c1-12(2)10(8-11)9-6-4-3-5-7-9/h3-8H,11H2,1-2H3. The maximum absolute atomic E-state index is 5.50. The predicted octanol–water partition coefficient (Wildman–Crippen LogP) is 1.51. The van der Waals surface area contributed by atoms with E-state index in [9.17, 15) is 0 Å². The number of benzene rings is 1. The van der Waals surface area contributed by atoms with Crippen molar-refractivity contribution >= 4 is 5.70 Å². The van der Waals surface area contributed by atoms with Gasteiger partial charge in [0.25, 0.3) is 0 Å². The minimum Gasteiger partial charge on any atom is -0.403 e. The summed E-state index contributed by atoms with van der Waals surface area (Å²) in [5, 5.41) is 0. The zero-order valence-corrected chi connectivity index (χ0v) is 7.49. The minimum atomic E-state index is 1.04. The van der Waals surface area contributed by atoms with Gasteiger partial charge in [-0.05, 0) is 5.56 Å². The van der Waals surface area contributed by atoms with E-state index < -0.39 is 0 Å². The molecule has 0 radical (unpaired) electrons. The van der Waals surface area contributed by atoms with E-state index in [-0.39, 0.29) is 0 Å². The van der Waals surface area contributed by atoms with Gasteiger partial charge in [0.2, 0.25) is 0 Å². The van der Waals surface area contributed by atoms with Crippen LogP contribution < -0.4 is 5.73 Å². The Morgan fingerprint density at radius 2 is 1.83 bits per heavy atom. The summed E-state index contributed by atoms with van der Waals surface area (Å²) in [6, 6.07) is 10.1. The molecule has 2 nitrogen and oxygen atoms in total. The Bertz CT molecular complexity index is 262. The van der Waals surface area contributed by atoms with Gasteiger partial charge in [-0.1, -0.05) is 30.3 Å². The maximum Gasteiger partial charge on any atom is 0.0592 e. The van der Waals surface area contributed by atoms with E-state index in [1.165, 1.54) is 0 Å². The molecule has 0 atom stereocenters. The van der Waals surface area contributed by atoms with Crippen LogP contribution in [0.5, 0.6) is 0 Å². The van der Waals surface area contributed by atoms with Crippen molar-refractivity contribution in [1.82, 2.24) is 4.90 Å². The van der Waals surface area contributed by atoms with Crippen molar-refractivity contribution in [1.29, 1.82) is 0 Å². The third kappa shape index (κ3) is 1.78. The average Bonchev–Trinajstić information content (AvgIpc) is 2.07. The highest BCUT2D eigenvalue weighted by Gasteiger charge is 2.00. The molecular weight excluding hydrogens is 148 g/mol. The average molecular weight is 162 g/mol. The van der Waals surface area contributed by atoms with Crippen molar-refractivity contribution in [2.45, 2.75) is 0 Å². The maximum atomic E-state index is 5.50. The van der Waals surface area contributed by atoms with Crippen LogP contribution in [0.3, 0.4) is 0 Å². The third-order valence-corrected chi connectivity index (χ3v) is 1.71. The lowest BCUT2D eigenvalue weighted by molar-refractivity contribution is 0.590. The van der Waals surface area contributed by atoms with Crippen LogP contribution in [0, 0.1) is 0 Å². The molecule has 64 valence electrons. The van der Waals surface area contributed by atoms with E-state index in [0.717, 1.165) is 11.3 Å². The van der Waals surface area contributed by atoms with Crippen LogP contribution >= 0.6 is 0 Å². The number of nitrogens with two attached hydrogens (primary N) is 1. The highest BCUT2D eigenvalue weighted by molar-refractivity contribution is 5.62. The van der Waals surface area contributed by atoms with E-state index in [0.29, 0.717) is 0 Å². The van der Waals surface area contributed by atoms with Gasteiger partial charge in [-0.25, -0.2) is 0 Å². The zero-order valence-electron chi connectivity index (χ0n) is 7.49. The van der Waals surface area contributed by atoms with Gasteiger partial charge >= 0.3 is 0 Å². The second-order valence-electron chi connectivity index (χ2n) is 2.81. The first-order chi connectivity index (χ1) is 5.75. The number of hydrogen-bond acceptors (Lipinski definition) is 2. The van der Waals surface area contributed by atoms with E-state index in [1.54, 1.807) is 6.20 Å². The second-order valence-corrected chi connectivity index (χ2v) is 2.81. The van der Waals surface area contributed by atoms with Gasteiger partial charge in [0.15, 0.2) is 0 Å². The van der Waals surface area contributed by atoms with Gasteiger partial charge in [0, 0.05) is 20.3 Å². The Kier molecular flexibility index (Phi) is 2.75. The molecule has 0 saturated heterocycles. The number of hydrogen-bond donors (Lipinski definition) is 1. The van der Waals surface area contributed by atoms with E-state index in [2.05, 4.69) is 0 Å². The van der Waals surface area contributed by atoms with Crippen molar-refractivity contribution in [3.05, 3.63) is 42.1 Å². The van der Waals surface area contributed by atoms with Crippen molar-refractivity contribution in [2.24, 2.45) is 5.73 Å². The van der Waals surface area contributed by atoms with Gasteiger partial charge < -0.3 is 10.6 Å². The second kappa shape index (κ2) is 3.81. The van der Waals surface area contributed by atoms with Crippen LogP contribution in [0.4, 0.5) is 0 Å². The van der Waals surface area contributed by atoms with E-state index in [1.807, 2.05) is 49.3 Å². The zero-order chi connectivity index (χ0) is 8.97. The molecule has 0 bridgehead atoms. The normalized spacial score (nSPS) is 11.3. The SMILES string of the molecule is CN(C)C(=CN)c1ccccc1. The fourth-order valence-corrected chi connectivity index (χ4v) is 1.11. The molecule has 0 fully saturated rings. The summed E-state index contributed by atoms with van der Waals surface area (Å²) in [6.45, 7) is 0. The molecule has 12 heavy (non-hydrogen) atoms. The Morgan fingerprint density at radius 3 is 2.25 bits per heavy atom. The molecule has 0 unspecified atom stereocenters. The molecule has 1 rings (SSSR count). The van der Waals surface area contributed by atoms with Crippen LogP contribution in [0.2, 0.25) is 0 Å². The Hall–Kier alpha value is -1.44. The molecule has 0 aromatic heterocycles. The molecule has 0 aliphatic rings. The van der Waals surface area contributed by atoms with E-state index in [4.69, 9.17) is 5.73 Å². The van der Waals surface area contributed by atoms with E-state index >= 15 is 0 Å². The molecule has 0 saturated carbocycles. The van der Waals surface area contributed by atoms with Crippen molar-refractivity contribution in [3.63, 3.8) is 0 Å². The minimum absolute atomic E-state index is 1.04. The summed E-state index contributed by atoms with van der Waals surface area (Å²) >= 11 is 0. The van der Waals surface area contributed by atoms with Gasteiger partial charge in [0.1, 0.15) is 0 Å². The smallest absolute Gasteiger partial charge is 0.0592 e. The van der Waals surface area contributed by atoms with Crippen LogP contribution in [0.1, 0.15) is 5.56 Å². The highest BCUT2D eigenvalue weighted by atomic mass is 15.1. The topological polar surface area (TPSA) is 29.3 Å². The molecule has 0 aliphatic heterocycles. The van der Waals surface area contributed by atoms with Crippen molar-refractivity contribution in [2.75, 3.05) is 14.1 Å². The van der Waals surface area contributed by atoms with Crippen molar-refractivity contribution < 1.29 is 0 Å². The quantitative estimate of drug-likeness (QED) is 0.714. The summed E-state index contributed by atoms with van der Waals surface area (Å²) in [5.41, 5.74) is 7.68. The largest absolute Gasteiger partial charge is 0.403 e. The summed E-state index contributed by atoms with van der Waals surface area (Å²) < 4.78 is 0. The molecule has 0 heterocycles. The van der Waals surface area contributed by atoms with Crippen LogP contribution in [0.25, 0.3) is 5.70 Å². The fraction of sp³-hybridized carbons (Fsp3) is 0.200. The summed E-state index contributed by atoms with van der Waals surface area (Å²) in [6.07, 6.45) is 1.62. The molecule has 0 amide bonds. The third-order valence-electron chi connectivity index (χ3n) is 1.71. The van der Waals surface area contributed by atoms with Gasteiger partial charge in [-0.15, -0.1) is 0 Å². The lowest BCUT2D eigenvalue weighted by Crippen LogP contribution is -2.11. The van der Waals surface area contributed by atoms with Crippen molar-refractivity contribution in [3.8, 4) is 0 Å². The molecule has 1 aromatic carbocycles. The highest BCUT2D eigenvalue weighted by Crippen LogP contribution is 2.13. The monoisotopic (exact) mass is 162 g/mol.